The minimum absolute atomic E-state index is 0.103. The third-order valence-electron chi connectivity index (χ3n) is 5.49. The first kappa shape index (κ1) is 17.9. The molecule has 0 saturated carbocycles. The van der Waals surface area contributed by atoms with Gasteiger partial charge in [0.2, 0.25) is 11.9 Å². The summed E-state index contributed by atoms with van der Waals surface area (Å²) in [7, 11) is 0. The molecule has 2 saturated heterocycles. The van der Waals surface area contributed by atoms with Crippen LogP contribution in [0.2, 0.25) is 0 Å². The summed E-state index contributed by atoms with van der Waals surface area (Å²) >= 11 is 0. The van der Waals surface area contributed by atoms with Crippen LogP contribution in [0.4, 0.5) is 5.69 Å². The molecule has 2 aliphatic rings. The van der Waals surface area contributed by atoms with Gasteiger partial charge in [0.05, 0.1) is 17.4 Å². The maximum Gasteiger partial charge on any atom is 0.228 e. The number of nitrogens with one attached hydrogen (secondary N) is 2. The summed E-state index contributed by atoms with van der Waals surface area (Å²) in [4.78, 5) is 18.3. The van der Waals surface area contributed by atoms with E-state index in [4.69, 9.17) is 5.41 Å². The lowest BCUT2D eigenvalue weighted by Crippen LogP contribution is -2.50. The summed E-state index contributed by atoms with van der Waals surface area (Å²) in [6, 6.07) is 4.88. The highest BCUT2D eigenvalue weighted by Gasteiger charge is 2.24. The zero-order chi connectivity index (χ0) is 19.0. The van der Waals surface area contributed by atoms with E-state index in [2.05, 4.69) is 46.2 Å². The molecule has 1 amide bonds. The van der Waals surface area contributed by atoms with Gasteiger partial charge in [0, 0.05) is 57.9 Å². The predicted octanol–water partition coefficient (Wildman–Crippen LogP) is 1.12. The smallest absolute Gasteiger partial charge is 0.228 e. The topological polar surface area (TPSA) is 80.0 Å². The number of piperazine rings is 1. The maximum absolute atomic E-state index is 11.5. The van der Waals surface area contributed by atoms with Crippen LogP contribution in [0.15, 0.2) is 24.5 Å². The van der Waals surface area contributed by atoms with E-state index in [9.17, 15) is 4.79 Å². The third kappa shape index (κ3) is 3.68. The average Bonchev–Trinajstić information content (AvgIpc) is 3.05. The van der Waals surface area contributed by atoms with E-state index in [0.717, 1.165) is 43.9 Å². The number of guanidine groups is 1. The van der Waals surface area contributed by atoms with Crippen molar-refractivity contribution >= 4 is 23.1 Å². The molecule has 0 atom stereocenters. The fourth-order valence-electron chi connectivity index (χ4n) is 3.84. The lowest BCUT2D eigenvalue weighted by molar-refractivity contribution is -0.119. The van der Waals surface area contributed by atoms with Gasteiger partial charge < -0.3 is 4.90 Å². The van der Waals surface area contributed by atoms with E-state index in [0.29, 0.717) is 19.0 Å². The molecule has 0 bridgehead atoms. The second-order valence-electron chi connectivity index (χ2n) is 7.60. The van der Waals surface area contributed by atoms with Crippen molar-refractivity contribution in [2.24, 2.45) is 0 Å². The monoisotopic (exact) mass is 369 g/mol. The number of anilines is 1. The molecule has 4 heterocycles. The van der Waals surface area contributed by atoms with E-state index in [1.54, 1.807) is 6.20 Å². The van der Waals surface area contributed by atoms with Gasteiger partial charge in [0.15, 0.2) is 0 Å². The predicted molar refractivity (Wildman–Crippen MR) is 105 cm³/mol. The maximum atomic E-state index is 11.5. The van der Waals surface area contributed by atoms with Crippen molar-refractivity contribution < 1.29 is 4.79 Å². The summed E-state index contributed by atoms with van der Waals surface area (Å²) in [6.45, 7) is 10.3. The van der Waals surface area contributed by atoms with Gasteiger partial charge in [-0.2, -0.15) is 5.10 Å². The van der Waals surface area contributed by atoms with Crippen molar-refractivity contribution in [3.63, 3.8) is 0 Å². The fraction of sp³-hybridized carbons (Fsp3) is 0.526. The molecule has 0 aromatic carbocycles. The molecule has 8 nitrogen and oxygen atoms in total. The molecule has 4 rings (SSSR count). The van der Waals surface area contributed by atoms with Crippen LogP contribution in [-0.4, -0.2) is 70.0 Å². The van der Waals surface area contributed by atoms with Gasteiger partial charge in [-0.05, 0) is 31.5 Å². The molecule has 0 radical (unpaired) electrons. The van der Waals surface area contributed by atoms with Crippen molar-refractivity contribution in [2.45, 2.75) is 32.9 Å². The lowest BCUT2D eigenvalue weighted by Gasteiger charge is -2.37. The third-order valence-corrected chi connectivity index (χ3v) is 5.49. The molecule has 2 aromatic heterocycles. The van der Waals surface area contributed by atoms with Gasteiger partial charge in [0.25, 0.3) is 0 Å². The van der Waals surface area contributed by atoms with E-state index in [1.807, 2.05) is 15.6 Å². The number of nitrogens with zero attached hydrogens (tertiary/aromatic N) is 5. The minimum atomic E-state index is -0.103. The Labute approximate surface area is 159 Å². The summed E-state index contributed by atoms with van der Waals surface area (Å²) < 4.78 is 1.83. The van der Waals surface area contributed by atoms with Gasteiger partial charge in [0.1, 0.15) is 0 Å². The molecule has 2 aromatic rings. The summed E-state index contributed by atoms with van der Waals surface area (Å²) in [5.74, 6) is 0.0188. The van der Waals surface area contributed by atoms with E-state index < -0.39 is 0 Å². The molecule has 2 fully saturated rings. The Hall–Kier alpha value is -2.45. The fourth-order valence-corrected chi connectivity index (χ4v) is 3.84. The number of aromatic nitrogens is 2. The first-order valence-electron chi connectivity index (χ1n) is 9.60. The number of fused-ring (bicyclic) bond motifs is 1. The summed E-state index contributed by atoms with van der Waals surface area (Å²) in [6.07, 6.45) is 4.14. The highest BCUT2D eigenvalue weighted by atomic mass is 16.2. The van der Waals surface area contributed by atoms with Crippen LogP contribution in [0.1, 0.15) is 25.8 Å². The second-order valence-corrected chi connectivity index (χ2v) is 7.60. The van der Waals surface area contributed by atoms with Gasteiger partial charge in [-0.15, -0.1) is 0 Å². The molecule has 2 aliphatic heterocycles. The molecular formula is C19H27N7O. The molecule has 2 N–H and O–H groups in total. The number of carbonyl (C=O) groups is 1. The normalized spacial score (nSPS) is 19.9. The van der Waals surface area contributed by atoms with Crippen molar-refractivity contribution in [1.29, 1.82) is 5.41 Å². The highest BCUT2D eigenvalue weighted by molar-refractivity contribution is 6.08. The summed E-state index contributed by atoms with van der Waals surface area (Å²) in [5, 5.41) is 15.1. The van der Waals surface area contributed by atoms with Gasteiger partial charge in [-0.25, -0.2) is 4.52 Å². The largest absolute Gasteiger partial charge is 0.309 e. The Morgan fingerprint density at radius 1 is 1.22 bits per heavy atom. The first-order chi connectivity index (χ1) is 13.0. The van der Waals surface area contributed by atoms with Crippen LogP contribution in [0.5, 0.6) is 0 Å². The number of amides is 1. The number of carbonyl (C=O) groups excluding carboxylic acids is 1. The van der Waals surface area contributed by atoms with E-state index >= 15 is 0 Å². The quantitative estimate of drug-likeness (QED) is 0.844. The molecule has 0 aliphatic carbocycles. The number of pyridine rings is 1. The Kier molecular flexibility index (Phi) is 4.84. The van der Waals surface area contributed by atoms with Crippen LogP contribution in [0.25, 0.3) is 5.52 Å². The van der Waals surface area contributed by atoms with Crippen LogP contribution < -0.4 is 10.2 Å². The molecule has 0 unspecified atom stereocenters. The van der Waals surface area contributed by atoms with Crippen LogP contribution in [0, 0.1) is 5.41 Å². The van der Waals surface area contributed by atoms with Crippen molar-refractivity contribution in [1.82, 2.24) is 24.7 Å². The van der Waals surface area contributed by atoms with Crippen molar-refractivity contribution in [3.05, 3.63) is 30.1 Å². The lowest BCUT2D eigenvalue weighted by atomic mass is 10.2. The first-order valence-corrected chi connectivity index (χ1v) is 9.60. The van der Waals surface area contributed by atoms with Crippen LogP contribution >= 0.6 is 0 Å². The molecule has 0 spiro atoms. The van der Waals surface area contributed by atoms with E-state index in [1.165, 1.54) is 5.56 Å². The molecule has 27 heavy (non-hydrogen) atoms. The van der Waals surface area contributed by atoms with Crippen LogP contribution in [-0.2, 0) is 11.3 Å². The van der Waals surface area contributed by atoms with Crippen molar-refractivity contribution in [3.8, 4) is 0 Å². The highest BCUT2D eigenvalue weighted by Crippen LogP contribution is 2.24. The zero-order valence-corrected chi connectivity index (χ0v) is 16.0. The number of hydrogen-bond donors (Lipinski definition) is 2. The Morgan fingerprint density at radius 3 is 2.70 bits per heavy atom. The number of rotatable bonds is 4. The Morgan fingerprint density at radius 2 is 2.00 bits per heavy atom. The SMILES string of the molecule is CC(C)N1CCN(Cc2ccn3ncc(N4CCC(=O)NC4=N)c3c2)CC1. The van der Waals surface area contributed by atoms with Crippen molar-refractivity contribution in [2.75, 3.05) is 37.6 Å². The van der Waals surface area contributed by atoms with E-state index in [-0.39, 0.29) is 11.9 Å². The average molecular weight is 369 g/mol. The second kappa shape index (κ2) is 7.28. The number of hydrogen-bond acceptors (Lipinski definition) is 5. The van der Waals surface area contributed by atoms with Gasteiger partial charge in [-0.3, -0.25) is 25.3 Å². The van der Waals surface area contributed by atoms with Crippen LogP contribution in [0.3, 0.4) is 0 Å². The van der Waals surface area contributed by atoms with Gasteiger partial charge >= 0.3 is 0 Å². The standard InChI is InChI=1S/C19H27N7O/c1-14(2)24-9-7-23(8-10-24)13-15-3-6-26-16(11-15)17(12-21-26)25-5-4-18(27)22-19(25)20/h3,6,11-12,14H,4-5,7-10,13H2,1-2H3,(H2,20,22,27). The Bertz CT molecular complexity index is 851. The molecular weight excluding hydrogens is 342 g/mol. The molecule has 8 heteroatoms. The zero-order valence-electron chi connectivity index (χ0n) is 16.0. The minimum Gasteiger partial charge on any atom is -0.309 e. The molecule has 144 valence electrons. The summed E-state index contributed by atoms with van der Waals surface area (Å²) in [5.41, 5.74) is 3.08. The van der Waals surface area contributed by atoms with Gasteiger partial charge in [-0.1, -0.05) is 0 Å². The Balaban J connectivity index is 1.51.